The average molecular weight is 256 g/mol. The lowest BCUT2D eigenvalue weighted by Gasteiger charge is -2.28. The van der Waals surface area contributed by atoms with Crippen molar-refractivity contribution in [1.82, 2.24) is 10.6 Å². The molecule has 0 bridgehead atoms. The molecule has 0 saturated carbocycles. The van der Waals surface area contributed by atoms with Crippen molar-refractivity contribution < 1.29 is 9.90 Å². The highest BCUT2D eigenvalue weighted by atomic mass is 16.3. The molecule has 4 heteroatoms. The van der Waals surface area contributed by atoms with Crippen molar-refractivity contribution in [1.29, 1.82) is 0 Å². The molecule has 1 amide bonds. The van der Waals surface area contributed by atoms with E-state index in [1.807, 2.05) is 0 Å². The molecule has 3 unspecified atom stereocenters. The van der Waals surface area contributed by atoms with Gasteiger partial charge in [0.1, 0.15) is 0 Å². The second kappa shape index (κ2) is 8.48. The van der Waals surface area contributed by atoms with Crippen LogP contribution in [0.1, 0.15) is 46.0 Å². The summed E-state index contributed by atoms with van der Waals surface area (Å²) in [6.45, 7) is 6.18. The van der Waals surface area contributed by atoms with Crippen LogP contribution in [0, 0.1) is 11.8 Å². The Labute approximate surface area is 111 Å². The lowest BCUT2D eigenvalue weighted by atomic mass is 9.93. The highest BCUT2D eigenvalue weighted by molar-refractivity contribution is 5.81. The monoisotopic (exact) mass is 256 g/mol. The SMILES string of the molecule is CCCC(CCO)CNC(=O)C1CC(C)CCN1. The normalized spacial score (nSPS) is 25.7. The molecule has 0 aromatic rings. The predicted molar refractivity (Wildman–Crippen MR) is 73.3 cm³/mol. The first-order valence-electron chi connectivity index (χ1n) is 7.29. The molecule has 1 aliphatic heterocycles. The van der Waals surface area contributed by atoms with Crippen molar-refractivity contribution in [2.45, 2.75) is 52.0 Å². The second-order valence-corrected chi connectivity index (χ2v) is 5.55. The molecule has 1 saturated heterocycles. The van der Waals surface area contributed by atoms with Crippen molar-refractivity contribution in [3.63, 3.8) is 0 Å². The Kier molecular flexibility index (Phi) is 7.28. The maximum absolute atomic E-state index is 12.0. The lowest BCUT2D eigenvalue weighted by molar-refractivity contribution is -0.124. The maximum Gasteiger partial charge on any atom is 0.237 e. The first-order valence-corrected chi connectivity index (χ1v) is 7.29. The van der Waals surface area contributed by atoms with Crippen LogP contribution in [0.5, 0.6) is 0 Å². The Morgan fingerprint density at radius 2 is 2.28 bits per heavy atom. The summed E-state index contributed by atoms with van der Waals surface area (Å²) in [5, 5.41) is 15.3. The fourth-order valence-corrected chi connectivity index (χ4v) is 2.61. The summed E-state index contributed by atoms with van der Waals surface area (Å²) in [6, 6.07) is -0.0230. The van der Waals surface area contributed by atoms with E-state index < -0.39 is 0 Å². The van der Waals surface area contributed by atoms with Crippen LogP contribution in [-0.4, -0.2) is 36.8 Å². The van der Waals surface area contributed by atoms with Crippen LogP contribution in [0.15, 0.2) is 0 Å². The molecule has 0 radical (unpaired) electrons. The zero-order chi connectivity index (χ0) is 13.4. The molecule has 0 aliphatic carbocycles. The van der Waals surface area contributed by atoms with Crippen molar-refractivity contribution in [2.24, 2.45) is 11.8 Å². The van der Waals surface area contributed by atoms with Crippen molar-refractivity contribution in [2.75, 3.05) is 19.7 Å². The van der Waals surface area contributed by atoms with Gasteiger partial charge in [-0.2, -0.15) is 0 Å². The van der Waals surface area contributed by atoms with E-state index in [0.717, 1.165) is 38.6 Å². The number of rotatable bonds is 7. The van der Waals surface area contributed by atoms with E-state index in [1.165, 1.54) is 0 Å². The van der Waals surface area contributed by atoms with Gasteiger partial charge in [0, 0.05) is 13.2 Å². The minimum atomic E-state index is -0.0230. The van der Waals surface area contributed by atoms with Crippen LogP contribution < -0.4 is 10.6 Å². The van der Waals surface area contributed by atoms with Gasteiger partial charge in [0.25, 0.3) is 0 Å². The molecule has 1 fully saturated rings. The summed E-state index contributed by atoms with van der Waals surface area (Å²) >= 11 is 0. The van der Waals surface area contributed by atoms with Crippen LogP contribution in [-0.2, 0) is 4.79 Å². The van der Waals surface area contributed by atoms with E-state index in [4.69, 9.17) is 5.11 Å². The molecule has 18 heavy (non-hydrogen) atoms. The molecule has 1 heterocycles. The van der Waals surface area contributed by atoms with E-state index in [9.17, 15) is 4.79 Å². The Bertz CT molecular complexity index is 240. The number of carbonyl (C=O) groups is 1. The summed E-state index contributed by atoms with van der Waals surface area (Å²) in [7, 11) is 0. The van der Waals surface area contributed by atoms with Crippen LogP contribution in [0.2, 0.25) is 0 Å². The van der Waals surface area contributed by atoms with Crippen LogP contribution >= 0.6 is 0 Å². The topological polar surface area (TPSA) is 61.4 Å². The summed E-state index contributed by atoms with van der Waals surface area (Å²) in [5.41, 5.74) is 0. The number of hydrogen-bond acceptors (Lipinski definition) is 3. The van der Waals surface area contributed by atoms with Gasteiger partial charge in [-0.1, -0.05) is 20.3 Å². The summed E-state index contributed by atoms with van der Waals surface area (Å²) in [6.07, 6.45) is 5.04. The minimum Gasteiger partial charge on any atom is -0.396 e. The average Bonchev–Trinajstić information content (AvgIpc) is 2.36. The molecule has 4 nitrogen and oxygen atoms in total. The van der Waals surface area contributed by atoms with Crippen molar-refractivity contribution in [3.8, 4) is 0 Å². The third-order valence-electron chi connectivity index (χ3n) is 3.78. The number of aliphatic hydroxyl groups excluding tert-OH is 1. The van der Waals surface area contributed by atoms with Gasteiger partial charge < -0.3 is 15.7 Å². The zero-order valence-electron chi connectivity index (χ0n) is 11.7. The minimum absolute atomic E-state index is 0.0230. The molecule has 0 aromatic heterocycles. The number of carbonyl (C=O) groups excluding carboxylic acids is 1. The Morgan fingerprint density at radius 3 is 2.89 bits per heavy atom. The van der Waals surface area contributed by atoms with Crippen molar-refractivity contribution >= 4 is 5.91 Å². The highest BCUT2D eigenvalue weighted by Gasteiger charge is 2.24. The van der Waals surface area contributed by atoms with E-state index >= 15 is 0 Å². The molecule has 106 valence electrons. The van der Waals surface area contributed by atoms with Crippen LogP contribution in [0.25, 0.3) is 0 Å². The fourth-order valence-electron chi connectivity index (χ4n) is 2.61. The Balaban J connectivity index is 2.29. The number of amides is 1. The van der Waals surface area contributed by atoms with Crippen molar-refractivity contribution in [3.05, 3.63) is 0 Å². The molecule has 0 aromatic carbocycles. The second-order valence-electron chi connectivity index (χ2n) is 5.55. The van der Waals surface area contributed by atoms with Crippen LogP contribution in [0.4, 0.5) is 0 Å². The predicted octanol–water partition coefficient (Wildman–Crippen LogP) is 1.29. The van der Waals surface area contributed by atoms with Gasteiger partial charge in [-0.15, -0.1) is 0 Å². The van der Waals surface area contributed by atoms with E-state index in [2.05, 4.69) is 24.5 Å². The lowest BCUT2D eigenvalue weighted by Crippen LogP contribution is -2.49. The smallest absolute Gasteiger partial charge is 0.237 e. The van der Waals surface area contributed by atoms with Gasteiger partial charge in [0.15, 0.2) is 0 Å². The fraction of sp³-hybridized carbons (Fsp3) is 0.929. The summed E-state index contributed by atoms with van der Waals surface area (Å²) in [4.78, 5) is 12.0. The van der Waals surface area contributed by atoms with Gasteiger partial charge >= 0.3 is 0 Å². The van der Waals surface area contributed by atoms with E-state index in [0.29, 0.717) is 18.4 Å². The van der Waals surface area contributed by atoms with Crippen LogP contribution in [0.3, 0.4) is 0 Å². The standard InChI is InChI=1S/C14H28N2O2/c1-3-4-12(6-8-17)10-16-14(18)13-9-11(2)5-7-15-13/h11-13,15,17H,3-10H2,1-2H3,(H,16,18). The van der Waals surface area contributed by atoms with E-state index in [1.54, 1.807) is 0 Å². The Morgan fingerprint density at radius 1 is 1.50 bits per heavy atom. The van der Waals surface area contributed by atoms with Gasteiger partial charge in [-0.3, -0.25) is 4.79 Å². The summed E-state index contributed by atoms with van der Waals surface area (Å²) in [5.74, 6) is 1.16. The van der Waals surface area contributed by atoms with Gasteiger partial charge in [0.2, 0.25) is 5.91 Å². The van der Waals surface area contributed by atoms with Gasteiger partial charge in [-0.05, 0) is 44.1 Å². The van der Waals surface area contributed by atoms with Gasteiger partial charge in [0.05, 0.1) is 6.04 Å². The zero-order valence-corrected chi connectivity index (χ0v) is 11.7. The highest BCUT2D eigenvalue weighted by Crippen LogP contribution is 2.15. The number of piperidine rings is 1. The first-order chi connectivity index (χ1) is 8.67. The number of nitrogens with one attached hydrogen (secondary N) is 2. The molecule has 1 rings (SSSR count). The largest absolute Gasteiger partial charge is 0.396 e. The molecule has 3 N–H and O–H groups in total. The summed E-state index contributed by atoms with van der Waals surface area (Å²) < 4.78 is 0. The third-order valence-corrected chi connectivity index (χ3v) is 3.78. The van der Waals surface area contributed by atoms with Gasteiger partial charge in [-0.25, -0.2) is 0 Å². The first kappa shape index (κ1) is 15.4. The number of hydrogen-bond donors (Lipinski definition) is 3. The molecular weight excluding hydrogens is 228 g/mol. The van der Waals surface area contributed by atoms with E-state index in [-0.39, 0.29) is 18.6 Å². The molecule has 1 aliphatic rings. The Hall–Kier alpha value is -0.610. The molecule has 3 atom stereocenters. The third kappa shape index (κ3) is 5.36. The molecular formula is C14H28N2O2. The quantitative estimate of drug-likeness (QED) is 0.643. The molecule has 0 spiro atoms. The number of aliphatic hydroxyl groups is 1. The maximum atomic E-state index is 12.0.